The summed E-state index contributed by atoms with van der Waals surface area (Å²) >= 11 is 0. The maximum atomic E-state index is 11.8. The van der Waals surface area contributed by atoms with E-state index in [1.807, 2.05) is 13.1 Å². The molecule has 2 aromatic rings. The molecule has 0 aliphatic heterocycles. The highest BCUT2D eigenvalue weighted by molar-refractivity contribution is 5.80. The molecule has 0 spiro atoms. The number of alkyl carbamates (subject to hydrolysis) is 1. The van der Waals surface area contributed by atoms with Crippen LogP contribution in [0.3, 0.4) is 0 Å². The largest absolute Gasteiger partial charge is 0.480 e. The van der Waals surface area contributed by atoms with Crippen LogP contribution in [0.1, 0.15) is 55.1 Å². The van der Waals surface area contributed by atoms with Crippen molar-refractivity contribution >= 4 is 12.1 Å². The minimum atomic E-state index is -1.10. The predicted molar refractivity (Wildman–Crippen MR) is 111 cm³/mol. The van der Waals surface area contributed by atoms with Crippen molar-refractivity contribution in [3.05, 3.63) is 47.0 Å². The number of ether oxygens (including phenoxy) is 1. The first kappa shape index (κ1) is 21.8. The quantitative estimate of drug-likeness (QED) is 0.579. The number of nitrogens with zero attached hydrogens (tertiary/aromatic N) is 3. The molecule has 1 amide bonds. The molecule has 1 aliphatic rings. The molecule has 30 heavy (non-hydrogen) atoms. The number of hydrogen-bond donors (Lipinski definition) is 2. The van der Waals surface area contributed by atoms with Crippen LogP contribution in [0.15, 0.2) is 24.5 Å². The third kappa shape index (κ3) is 6.30. The second-order valence-electron chi connectivity index (χ2n) is 7.71. The molecular weight excluding hydrogens is 384 g/mol. The van der Waals surface area contributed by atoms with Gasteiger partial charge in [0.15, 0.2) is 0 Å². The number of rotatable bonds is 10. The van der Waals surface area contributed by atoms with Crippen molar-refractivity contribution in [1.29, 1.82) is 0 Å². The van der Waals surface area contributed by atoms with Crippen LogP contribution < -0.4 is 5.32 Å². The first-order valence-electron chi connectivity index (χ1n) is 10.7. The zero-order valence-corrected chi connectivity index (χ0v) is 17.5. The Morgan fingerprint density at radius 2 is 2.13 bits per heavy atom. The fourth-order valence-electron chi connectivity index (χ4n) is 3.56. The Labute approximate surface area is 176 Å². The lowest BCUT2D eigenvalue weighted by molar-refractivity contribution is -0.139. The molecule has 8 heteroatoms. The van der Waals surface area contributed by atoms with Gasteiger partial charge in [-0.05, 0) is 49.3 Å². The number of carboxylic acid groups (broad SMARTS) is 1. The van der Waals surface area contributed by atoms with Crippen molar-refractivity contribution in [2.45, 2.75) is 70.9 Å². The molecule has 0 radical (unpaired) electrons. The Balaban J connectivity index is 1.52. The van der Waals surface area contributed by atoms with Crippen molar-refractivity contribution in [3.8, 4) is 0 Å². The number of nitrogens with one attached hydrogen (secondary N) is 1. The lowest BCUT2D eigenvalue weighted by atomic mass is 9.96. The summed E-state index contributed by atoms with van der Waals surface area (Å²) in [7, 11) is 0. The number of carbonyl (C=O) groups excluding carboxylic acids is 1. The molecule has 2 aromatic heterocycles. The zero-order valence-electron chi connectivity index (χ0n) is 17.5. The van der Waals surface area contributed by atoms with Crippen LogP contribution in [0, 0.1) is 0 Å². The molecule has 3 rings (SSSR count). The number of amides is 1. The minimum absolute atomic E-state index is 0.148. The van der Waals surface area contributed by atoms with Crippen molar-refractivity contribution in [2.75, 3.05) is 6.61 Å². The van der Waals surface area contributed by atoms with E-state index in [1.165, 1.54) is 24.1 Å². The van der Waals surface area contributed by atoms with Crippen molar-refractivity contribution < 1.29 is 19.4 Å². The molecule has 162 valence electrons. The lowest BCUT2D eigenvalue weighted by Gasteiger charge is -2.15. The van der Waals surface area contributed by atoms with Gasteiger partial charge in [0.2, 0.25) is 0 Å². The number of carboxylic acids is 1. The van der Waals surface area contributed by atoms with Crippen LogP contribution in [0.4, 0.5) is 4.79 Å². The van der Waals surface area contributed by atoms with Gasteiger partial charge in [-0.1, -0.05) is 19.4 Å². The average molecular weight is 415 g/mol. The molecule has 1 atom stereocenters. The third-order valence-electron chi connectivity index (χ3n) is 5.28. The molecule has 2 heterocycles. The molecule has 8 nitrogen and oxygen atoms in total. The first-order chi connectivity index (χ1) is 14.5. The van der Waals surface area contributed by atoms with Gasteiger partial charge >= 0.3 is 12.1 Å². The fourth-order valence-corrected chi connectivity index (χ4v) is 3.56. The summed E-state index contributed by atoms with van der Waals surface area (Å²) in [5.74, 6) is -1.10. The predicted octanol–water partition coefficient (Wildman–Crippen LogP) is 2.92. The smallest absolute Gasteiger partial charge is 0.407 e. The van der Waals surface area contributed by atoms with Crippen LogP contribution in [-0.4, -0.2) is 44.6 Å². The summed E-state index contributed by atoms with van der Waals surface area (Å²) in [5.41, 5.74) is 4.38. The highest BCUT2D eigenvalue weighted by atomic mass is 16.5. The Kier molecular flexibility index (Phi) is 7.82. The molecule has 0 saturated carbocycles. The van der Waals surface area contributed by atoms with Crippen LogP contribution in [0.25, 0.3) is 0 Å². The molecule has 0 bridgehead atoms. The van der Waals surface area contributed by atoms with Crippen molar-refractivity contribution in [3.63, 3.8) is 0 Å². The van der Waals surface area contributed by atoms with E-state index >= 15 is 0 Å². The van der Waals surface area contributed by atoms with E-state index in [9.17, 15) is 14.7 Å². The van der Waals surface area contributed by atoms with Gasteiger partial charge < -0.3 is 15.2 Å². The van der Waals surface area contributed by atoms with E-state index in [1.54, 1.807) is 10.9 Å². The number of aliphatic carboxylic acids is 1. The van der Waals surface area contributed by atoms with Crippen molar-refractivity contribution in [1.82, 2.24) is 20.1 Å². The summed E-state index contributed by atoms with van der Waals surface area (Å²) in [6.07, 6.45) is 9.93. The number of hydrogen-bond acceptors (Lipinski definition) is 5. The summed E-state index contributed by atoms with van der Waals surface area (Å²) in [6.45, 7) is 2.93. The maximum Gasteiger partial charge on any atom is 0.407 e. The molecule has 2 N–H and O–H groups in total. The number of fused-ring (bicyclic) bond motifs is 1. The summed E-state index contributed by atoms with van der Waals surface area (Å²) < 4.78 is 6.78. The number of aryl methyl sites for hydroxylation is 4. The van der Waals surface area contributed by atoms with Gasteiger partial charge in [-0.3, -0.25) is 9.67 Å². The summed E-state index contributed by atoms with van der Waals surface area (Å²) in [4.78, 5) is 28.1. The highest BCUT2D eigenvalue weighted by Crippen LogP contribution is 2.19. The van der Waals surface area contributed by atoms with Gasteiger partial charge in [-0.2, -0.15) is 5.10 Å². The van der Waals surface area contributed by atoms with Gasteiger partial charge in [0.25, 0.3) is 0 Å². The molecule has 0 saturated heterocycles. The summed E-state index contributed by atoms with van der Waals surface area (Å²) in [5, 5.41) is 16.1. The summed E-state index contributed by atoms with van der Waals surface area (Å²) in [6, 6.07) is 3.22. The van der Waals surface area contributed by atoms with Gasteiger partial charge in [-0.25, -0.2) is 9.59 Å². The topological polar surface area (TPSA) is 106 Å². The number of carbonyl (C=O) groups is 2. The van der Waals surface area contributed by atoms with Gasteiger partial charge in [0, 0.05) is 37.0 Å². The van der Waals surface area contributed by atoms with Crippen LogP contribution in [0.5, 0.6) is 0 Å². The molecule has 1 aliphatic carbocycles. The second-order valence-corrected chi connectivity index (χ2v) is 7.71. The monoisotopic (exact) mass is 414 g/mol. The SMILES string of the molecule is CCCCOC(=O)NC(Cc1cnn(CCc2ccc3c(n2)CCCC3)c1)C(=O)O. The zero-order chi connectivity index (χ0) is 21.3. The first-order valence-corrected chi connectivity index (χ1v) is 10.7. The fraction of sp³-hybridized carbons (Fsp3) is 0.545. The number of pyridine rings is 1. The average Bonchev–Trinajstić information content (AvgIpc) is 3.19. The minimum Gasteiger partial charge on any atom is -0.480 e. The molecule has 0 aromatic carbocycles. The van der Waals surface area contributed by atoms with Gasteiger partial charge in [0.05, 0.1) is 12.8 Å². The van der Waals surface area contributed by atoms with E-state index in [2.05, 4.69) is 22.5 Å². The third-order valence-corrected chi connectivity index (χ3v) is 5.28. The Hall–Kier alpha value is -2.90. The Morgan fingerprint density at radius 3 is 2.93 bits per heavy atom. The van der Waals surface area contributed by atoms with Crippen LogP contribution in [-0.2, 0) is 41.8 Å². The highest BCUT2D eigenvalue weighted by Gasteiger charge is 2.22. The van der Waals surface area contributed by atoms with Crippen molar-refractivity contribution in [2.24, 2.45) is 0 Å². The van der Waals surface area contributed by atoms with Gasteiger partial charge in [0.1, 0.15) is 6.04 Å². The number of aromatic nitrogens is 3. The molecule has 1 unspecified atom stereocenters. The van der Waals surface area contributed by atoms with Gasteiger partial charge in [-0.15, -0.1) is 0 Å². The molecular formula is C22H30N4O4. The standard InChI is InChI=1S/C22H30N4O4/c1-2-3-12-30-22(29)25-20(21(27)28)13-16-14-23-26(15-16)11-10-18-9-8-17-6-4-5-7-19(17)24-18/h8-9,14-15,20H,2-7,10-13H2,1H3,(H,25,29)(H,27,28). The van der Waals surface area contributed by atoms with E-state index in [0.717, 1.165) is 43.4 Å². The van der Waals surface area contributed by atoms with E-state index in [-0.39, 0.29) is 13.0 Å². The van der Waals surface area contributed by atoms with E-state index in [0.29, 0.717) is 6.54 Å². The number of unbranched alkanes of at least 4 members (excludes halogenated alkanes) is 1. The Bertz CT molecular complexity index is 865. The van der Waals surface area contributed by atoms with Crippen LogP contribution >= 0.6 is 0 Å². The normalized spacial score (nSPS) is 14.0. The second kappa shape index (κ2) is 10.8. The van der Waals surface area contributed by atoms with E-state index in [4.69, 9.17) is 9.72 Å². The lowest BCUT2D eigenvalue weighted by Crippen LogP contribution is -2.42. The van der Waals surface area contributed by atoms with E-state index < -0.39 is 18.1 Å². The molecule has 0 fully saturated rings. The Morgan fingerprint density at radius 1 is 1.30 bits per heavy atom. The van der Waals surface area contributed by atoms with Crippen LogP contribution in [0.2, 0.25) is 0 Å². The maximum absolute atomic E-state index is 11.8.